The Bertz CT molecular complexity index is 367. The van der Waals surface area contributed by atoms with E-state index in [-0.39, 0.29) is 5.82 Å². The fraction of sp³-hybridized carbons (Fsp3) is 0.417. The van der Waals surface area contributed by atoms with Crippen LogP contribution in [0.15, 0.2) is 18.2 Å². The van der Waals surface area contributed by atoms with Gasteiger partial charge in [0.05, 0.1) is 5.69 Å². The molecule has 0 unspecified atom stereocenters. The Morgan fingerprint density at radius 2 is 2.13 bits per heavy atom. The van der Waals surface area contributed by atoms with Crippen LogP contribution in [0.1, 0.15) is 24.8 Å². The van der Waals surface area contributed by atoms with Gasteiger partial charge in [0.15, 0.2) is 0 Å². The van der Waals surface area contributed by atoms with Crippen molar-refractivity contribution in [3.05, 3.63) is 29.6 Å². The van der Waals surface area contributed by atoms with Crippen molar-refractivity contribution in [1.82, 2.24) is 0 Å². The average molecular weight is 206 g/mol. The zero-order valence-electron chi connectivity index (χ0n) is 8.89. The Kier molecular flexibility index (Phi) is 2.71. The van der Waals surface area contributed by atoms with Gasteiger partial charge in [0.25, 0.3) is 0 Å². The number of nitrogens with one attached hydrogen (secondary N) is 1. The maximum atomic E-state index is 13.7. The largest absolute Gasteiger partial charge is 0.328 e. The van der Waals surface area contributed by atoms with Gasteiger partial charge >= 0.3 is 0 Å². The molecular formula is C12H15FN2. The molecule has 0 radical (unpaired) electrons. The predicted octanol–water partition coefficient (Wildman–Crippen LogP) is 3.10. The van der Waals surface area contributed by atoms with Crippen molar-refractivity contribution < 1.29 is 4.39 Å². The van der Waals surface area contributed by atoms with Crippen LogP contribution in [-0.4, -0.2) is 12.4 Å². The molecule has 80 valence electrons. The van der Waals surface area contributed by atoms with E-state index in [0.717, 1.165) is 31.4 Å². The highest BCUT2D eigenvalue weighted by Crippen LogP contribution is 2.27. The number of piperidine rings is 1. The third kappa shape index (κ3) is 1.87. The molecule has 1 aromatic carbocycles. The summed E-state index contributed by atoms with van der Waals surface area (Å²) in [6.45, 7) is 2.65. The second kappa shape index (κ2) is 4.01. The molecule has 0 spiro atoms. The molecule has 0 saturated carbocycles. The van der Waals surface area contributed by atoms with E-state index in [0.29, 0.717) is 11.5 Å². The van der Waals surface area contributed by atoms with Gasteiger partial charge in [-0.2, -0.15) is 0 Å². The van der Waals surface area contributed by atoms with E-state index >= 15 is 0 Å². The number of hydrogen-bond donors (Lipinski definition) is 1. The second-order valence-corrected chi connectivity index (χ2v) is 3.96. The van der Waals surface area contributed by atoms with Gasteiger partial charge in [0.1, 0.15) is 11.7 Å². The Hall–Kier alpha value is -1.38. The zero-order chi connectivity index (χ0) is 10.8. The van der Waals surface area contributed by atoms with Crippen LogP contribution in [0.2, 0.25) is 0 Å². The Labute approximate surface area is 89.2 Å². The van der Waals surface area contributed by atoms with Crippen molar-refractivity contribution in [3.8, 4) is 0 Å². The summed E-state index contributed by atoms with van der Waals surface area (Å²) >= 11 is 0. The Balaban J connectivity index is 2.39. The molecule has 1 saturated heterocycles. The van der Waals surface area contributed by atoms with Crippen molar-refractivity contribution >= 4 is 11.5 Å². The van der Waals surface area contributed by atoms with E-state index in [2.05, 4.69) is 0 Å². The molecule has 1 aromatic rings. The number of nitrogens with zero attached hydrogens (tertiary/aromatic N) is 1. The molecule has 1 fully saturated rings. The van der Waals surface area contributed by atoms with E-state index in [1.807, 2.05) is 13.0 Å². The summed E-state index contributed by atoms with van der Waals surface area (Å²) in [5.74, 6) is 0.316. The number of benzene rings is 1. The smallest absolute Gasteiger partial charge is 0.147 e. The summed E-state index contributed by atoms with van der Waals surface area (Å²) in [6.07, 6.45) is 2.84. The van der Waals surface area contributed by atoms with Gasteiger partial charge in [-0.3, -0.25) is 5.41 Å². The van der Waals surface area contributed by atoms with Crippen LogP contribution in [0.3, 0.4) is 0 Å². The van der Waals surface area contributed by atoms with E-state index < -0.39 is 0 Å². The normalized spacial score (nSPS) is 16.9. The minimum atomic E-state index is -0.221. The van der Waals surface area contributed by atoms with E-state index in [1.165, 1.54) is 6.07 Å². The minimum Gasteiger partial charge on any atom is -0.328 e. The summed E-state index contributed by atoms with van der Waals surface area (Å²) in [4.78, 5) is 1.80. The lowest BCUT2D eigenvalue weighted by molar-refractivity contribution is 0.616. The van der Waals surface area contributed by atoms with Crippen molar-refractivity contribution in [2.24, 2.45) is 0 Å². The molecular weight excluding hydrogens is 191 g/mol. The van der Waals surface area contributed by atoms with Gasteiger partial charge in [-0.15, -0.1) is 0 Å². The number of para-hydroxylation sites is 1. The van der Waals surface area contributed by atoms with E-state index in [1.54, 1.807) is 11.0 Å². The summed E-state index contributed by atoms with van der Waals surface area (Å²) in [5.41, 5.74) is 1.49. The van der Waals surface area contributed by atoms with Gasteiger partial charge < -0.3 is 4.90 Å². The van der Waals surface area contributed by atoms with Crippen LogP contribution in [0.4, 0.5) is 10.1 Å². The van der Waals surface area contributed by atoms with Crippen LogP contribution in [0.25, 0.3) is 0 Å². The molecule has 0 atom stereocenters. The van der Waals surface area contributed by atoms with Gasteiger partial charge in [-0.25, -0.2) is 4.39 Å². The average Bonchev–Trinajstić information content (AvgIpc) is 2.20. The van der Waals surface area contributed by atoms with Crippen LogP contribution < -0.4 is 4.90 Å². The molecule has 2 rings (SSSR count). The van der Waals surface area contributed by atoms with Crippen LogP contribution in [0.5, 0.6) is 0 Å². The molecule has 0 bridgehead atoms. The highest BCUT2D eigenvalue weighted by molar-refractivity contribution is 5.96. The number of hydrogen-bond acceptors (Lipinski definition) is 1. The van der Waals surface area contributed by atoms with Crippen molar-refractivity contribution in [2.75, 3.05) is 11.4 Å². The van der Waals surface area contributed by atoms with Gasteiger partial charge in [-0.05, 0) is 31.4 Å². The number of halogens is 1. The van der Waals surface area contributed by atoms with Gasteiger partial charge in [-0.1, -0.05) is 12.1 Å². The first-order valence-electron chi connectivity index (χ1n) is 5.30. The quantitative estimate of drug-likeness (QED) is 0.751. The van der Waals surface area contributed by atoms with E-state index in [4.69, 9.17) is 5.41 Å². The van der Waals surface area contributed by atoms with Gasteiger partial charge in [0.2, 0.25) is 0 Å². The summed E-state index contributed by atoms with van der Waals surface area (Å²) < 4.78 is 13.7. The number of anilines is 1. The molecule has 0 amide bonds. The molecule has 1 aliphatic rings. The molecule has 15 heavy (non-hydrogen) atoms. The lowest BCUT2D eigenvalue weighted by Gasteiger charge is -2.30. The van der Waals surface area contributed by atoms with Crippen LogP contribution in [0, 0.1) is 18.2 Å². The molecule has 1 aliphatic heterocycles. The third-order valence-electron chi connectivity index (χ3n) is 2.83. The lowest BCUT2D eigenvalue weighted by Crippen LogP contribution is -2.35. The van der Waals surface area contributed by atoms with Crippen LogP contribution in [-0.2, 0) is 0 Å². The summed E-state index contributed by atoms with van der Waals surface area (Å²) in [5, 5.41) is 7.84. The third-order valence-corrected chi connectivity index (χ3v) is 2.83. The van der Waals surface area contributed by atoms with Crippen molar-refractivity contribution in [1.29, 1.82) is 5.41 Å². The molecule has 0 aromatic heterocycles. The summed E-state index contributed by atoms with van der Waals surface area (Å²) in [7, 11) is 0. The first-order chi connectivity index (χ1) is 7.20. The fourth-order valence-electron chi connectivity index (χ4n) is 2.04. The number of aryl methyl sites for hydroxylation is 1. The Morgan fingerprint density at radius 1 is 1.33 bits per heavy atom. The maximum Gasteiger partial charge on any atom is 0.147 e. The van der Waals surface area contributed by atoms with Crippen molar-refractivity contribution in [2.45, 2.75) is 26.2 Å². The zero-order valence-corrected chi connectivity index (χ0v) is 8.89. The molecule has 2 nitrogen and oxygen atoms in total. The predicted molar refractivity (Wildman–Crippen MR) is 60.1 cm³/mol. The highest BCUT2D eigenvalue weighted by atomic mass is 19.1. The maximum absolute atomic E-state index is 13.7. The Morgan fingerprint density at radius 3 is 2.80 bits per heavy atom. The second-order valence-electron chi connectivity index (χ2n) is 3.96. The summed E-state index contributed by atoms with van der Waals surface area (Å²) in [6, 6.07) is 5.06. The topological polar surface area (TPSA) is 27.1 Å². The highest BCUT2D eigenvalue weighted by Gasteiger charge is 2.20. The number of amidine groups is 1. The SMILES string of the molecule is Cc1cccc(F)c1N1CCCCC1=N. The first kappa shape index (κ1) is 10.1. The first-order valence-corrected chi connectivity index (χ1v) is 5.30. The lowest BCUT2D eigenvalue weighted by atomic mass is 10.1. The van der Waals surface area contributed by atoms with Gasteiger partial charge in [0, 0.05) is 13.0 Å². The molecule has 0 aliphatic carbocycles. The standard InChI is InChI=1S/C12H15FN2/c1-9-5-4-6-10(13)12(9)15-8-3-2-7-11(15)14/h4-6,14H,2-3,7-8H2,1H3. The van der Waals surface area contributed by atoms with Crippen LogP contribution >= 0.6 is 0 Å². The van der Waals surface area contributed by atoms with E-state index in [9.17, 15) is 4.39 Å². The minimum absolute atomic E-state index is 0.221. The molecule has 1 N–H and O–H groups in total. The molecule has 1 heterocycles. The fourth-order valence-corrected chi connectivity index (χ4v) is 2.04. The van der Waals surface area contributed by atoms with Crippen molar-refractivity contribution in [3.63, 3.8) is 0 Å². The molecule has 3 heteroatoms. The number of rotatable bonds is 1. The monoisotopic (exact) mass is 206 g/mol.